The lowest BCUT2D eigenvalue weighted by Crippen LogP contribution is -2.46. The lowest BCUT2D eigenvalue weighted by atomic mass is 10.1. The minimum absolute atomic E-state index is 0.213. The SMILES string of the molecule is CC(C)(N)CNC(=O)C(Oc1cccc(Br)c1)c1ccccc1. The Hall–Kier alpha value is -1.85. The predicted molar refractivity (Wildman–Crippen MR) is 95.2 cm³/mol. The summed E-state index contributed by atoms with van der Waals surface area (Å²) in [6.07, 6.45) is -0.729. The molecule has 122 valence electrons. The van der Waals surface area contributed by atoms with Gasteiger partial charge in [0.2, 0.25) is 6.10 Å². The van der Waals surface area contributed by atoms with Gasteiger partial charge in [-0.15, -0.1) is 0 Å². The fraction of sp³-hybridized carbons (Fsp3) is 0.278. The molecule has 0 aromatic heterocycles. The second-order valence-electron chi connectivity index (χ2n) is 6.07. The molecule has 0 aliphatic rings. The maximum Gasteiger partial charge on any atom is 0.265 e. The molecule has 0 aliphatic heterocycles. The molecule has 1 atom stereocenters. The van der Waals surface area contributed by atoms with E-state index in [9.17, 15) is 4.79 Å². The number of nitrogens with two attached hydrogens (primary N) is 1. The first-order valence-corrected chi connectivity index (χ1v) is 8.18. The molecule has 0 fully saturated rings. The minimum Gasteiger partial charge on any atom is -0.476 e. The van der Waals surface area contributed by atoms with E-state index in [1.165, 1.54) is 0 Å². The number of halogens is 1. The number of benzene rings is 2. The van der Waals surface area contributed by atoms with Crippen molar-refractivity contribution in [2.75, 3.05) is 6.54 Å². The number of carbonyl (C=O) groups excluding carboxylic acids is 1. The Morgan fingerprint density at radius 3 is 2.52 bits per heavy atom. The Labute approximate surface area is 145 Å². The maximum absolute atomic E-state index is 12.6. The zero-order chi connectivity index (χ0) is 16.9. The Morgan fingerprint density at radius 2 is 1.91 bits per heavy atom. The largest absolute Gasteiger partial charge is 0.476 e. The van der Waals surface area contributed by atoms with E-state index in [-0.39, 0.29) is 5.91 Å². The van der Waals surface area contributed by atoms with Gasteiger partial charge < -0.3 is 15.8 Å². The highest BCUT2D eigenvalue weighted by atomic mass is 79.9. The van der Waals surface area contributed by atoms with E-state index < -0.39 is 11.6 Å². The molecule has 2 rings (SSSR count). The van der Waals surface area contributed by atoms with Crippen molar-refractivity contribution in [2.45, 2.75) is 25.5 Å². The van der Waals surface area contributed by atoms with E-state index in [1.807, 2.05) is 68.4 Å². The average molecular weight is 377 g/mol. The first kappa shape index (κ1) is 17.5. The third-order valence-electron chi connectivity index (χ3n) is 3.11. The maximum atomic E-state index is 12.6. The van der Waals surface area contributed by atoms with Crippen LogP contribution < -0.4 is 15.8 Å². The van der Waals surface area contributed by atoms with Crippen LogP contribution in [0.4, 0.5) is 0 Å². The van der Waals surface area contributed by atoms with Gasteiger partial charge in [-0.3, -0.25) is 4.79 Å². The van der Waals surface area contributed by atoms with Gasteiger partial charge in [-0.1, -0.05) is 52.3 Å². The molecular weight excluding hydrogens is 356 g/mol. The van der Waals surface area contributed by atoms with Gasteiger partial charge >= 0.3 is 0 Å². The molecule has 2 aromatic rings. The van der Waals surface area contributed by atoms with Crippen LogP contribution in [0.3, 0.4) is 0 Å². The number of rotatable bonds is 6. The Morgan fingerprint density at radius 1 is 1.22 bits per heavy atom. The van der Waals surface area contributed by atoms with Crippen molar-refractivity contribution in [3.05, 3.63) is 64.6 Å². The summed E-state index contributed by atoms with van der Waals surface area (Å²) in [4.78, 5) is 12.6. The second-order valence-corrected chi connectivity index (χ2v) is 6.99. The van der Waals surface area contributed by atoms with Crippen molar-refractivity contribution in [3.63, 3.8) is 0 Å². The summed E-state index contributed by atoms with van der Waals surface area (Å²) in [5.74, 6) is 0.407. The number of carbonyl (C=O) groups is 1. The first-order valence-electron chi connectivity index (χ1n) is 7.39. The van der Waals surface area contributed by atoms with Gasteiger partial charge in [0, 0.05) is 22.1 Å². The number of ether oxygens (including phenoxy) is 1. The van der Waals surface area contributed by atoms with Gasteiger partial charge in [-0.05, 0) is 32.0 Å². The molecule has 0 bridgehead atoms. The standard InChI is InChI=1S/C18H21BrN2O2/c1-18(2,20)12-21-17(22)16(13-7-4-3-5-8-13)23-15-10-6-9-14(19)11-15/h3-11,16H,12,20H2,1-2H3,(H,21,22). The summed E-state index contributed by atoms with van der Waals surface area (Å²) in [5.41, 5.74) is 6.25. The average Bonchev–Trinajstić information content (AvgIpc) is 2.50. The van der Waals surface area contributed by atoms with Crippen LogP contribution in [-0.4, -0.2) is 18.0 Å². The molecule has 23 heavy (non-hydrogen) atoms. The van der Waals surface area contributed by atoms with Gasteiger partial charge in [-0.2, -0.15) is 0 Å². The Bertz CT molecular complexity index is 654. The van der Waals surface area contributed by atoms with Crippen molar-refractivity contribution >= 4 is 21.8 Å². The lowest BCUT2D eigenvalue weighted by molar-refractivity contribution is -0.128. The van der Waals surface area contributed by atoms with E-state index >= 15 is 0 Å². The van der Waals surface area contributed by atoms with Crippen LogP contribution >= 0.6 is 15.9 Å². The zero-order valence-electron chi connectivity index (χ0n) is 13.3. The lowest BCUT2D eigenvalue weighted by Gasteiger charge is -2.23. The molecule has 0 saturated heterocycles. The van der Waals surface area contributed by atoms with Crippen LogP contribution in [-0.2, 0) is 4.79 Å². The quantitative estimate of drug-likeness (QED) is 0.811. The summed E-state index contributed by atoms with van der Waals surface area (Å²) in [7, 11) is 0. The molecular formula is C18H21BrN2O2. The van der Waals surface area contributed by atoms with E-state index in [0.29, 0.717) is 12.3 Å². The summed E-state index contributed by atoms with van der Waals surface area (Å²) in [6, 6.07) is 16.8. The van der Waals surface area contributed by atoms with Crippen LogP contribution in [0.15, 0.2) is 59.1 Å². The van der Waals surface area contributed by atoms with Gasteiger partial charge in [0.05, 0.1) is 0 Å². The predicted octanol–water partition coefficient (Wildman–Crippen LogP) is 3.42. The van der Waals surface area contributed by atoms with Crippen molar-refractivity contribution in [3.8, 4) is 5.75 Å². The molecule has 0 radical (unpaired) electrons. The minimum atomic E-state index is -0.729. The molecule has 1 amide bonds. The number of nitrogens with one attached hydrogen (secondary N) is 1. The molecule has 0 saturated carbocycles. The normalized spacial score (nSPS) is 12.5. The topological polar surface area (TPSA) is 64.3 Å². The van der Waals surface area contributed by atoms with Crippen molar-refractivity contribution < 1.29 is 9.53 Å². The fourth-order valence-corrected chi connectivity index (χ4v) is 2.36. The third kappa shape index (κ3) is 5.69. The van der Waals surface area contributed by atoms with Gasteiger partial charge in [-0.25, -0.2) is 0 Å². The molecule has 5 heteroatoms. The summed E-state index contributed by atoms with van der Waals surface area (Å²) >= 11 is 3.41. The fourth-order valence-electron chi connectivity index (χ4n) is 1.98. The highest BCUT2D eigenvalue weighted by Crippen LogP contribution is 2.25. The number of hydrogen-bond donors (Lipinski definition) is 2. The van der Waals surface area contributed by atoms with Crippen LogP contribution in [0.5, 0.6) is 5.75 Å². The van der Waals surface area contributed by atoms with Crippen molar-refractivity contribution in [1.29, 1.82) is 0 Å². The number of hydrogen-bond acceptors (Lipinski definition) is 3. The highest BCUT2D eigenvalue weighted by Gasteiger charge is 2.24. The molecule has 3 N–H and O–H groups in total. The second kappa shape index (κ2) is 7.62. The third-order valence-corrected chi connectivity index (χ3v) is 3.60. The molecule has 1 unspecified atom stereocenters. The Balaban J connectivity index is 2.20. The van der Waals surface area contributed by atoms with Gasteiger partial charge in [0.15, 0.2) is 0 Å². The van der Waals surface area contributed by atoms with E-state index in [0.717, 1.165) is 10.0 Å². The molecule has 2 aromatic carbocycles. The van der Waals surface area contributed by atoms with Crippen molar-refractivity contribution in [2.24, 2.45) is 5.73 Å². The van der Waals surface area contributed by atoms with Crippen LogP contribution in [0, 0.1) is 0 Å². The van der Waals surface area contributed by atoms with E-state index in [4.69, 9.17) is 10.5 Å². The molecule has 0 spiro atoms. The highest BCUT2D eigenvalue weighted by molar-refractivity contribution is 9.10. The van der Waals surface area contributed by atoms with Gasteiger partial charge in [0.25, 0.3) is 5.91 Å². The zero-order valence-corrected chi connectivity index (χ0v) is 14.8. The number of amides is 1. The summed E-state index contributed by atoms with van der Waals surface area (Å²) in [5, 5.41) is 2.86. The van der Waals surface area contributed by atoms with Crippen LogP contribution in [0.25, 0.3) is 0 Å². The van der Waals surface area contributed by atoms with E-state index in [2.05, 4.69) is 21.2 Å². The van der Waals surface area contributed by atoms with Crippen molar-refractivity contribution in [1.82, 2.24) is 5.32 Å². The smallest absolute Gasteiger partial charge is 0.265 e. The van der Waals surface area contributed by atoms with Gasteiger partial charge in [0.1, 0.15) is 5.75 Å². The molecule has 4 nitrogen and oxygen atoms in total. The van der Waals surface area contributed by atoms with E-state index in [1.54, 1.807) is 0 Å². The Kier molecular flexibility index (Phi) is 5.80. The molecule has 0 aliphatic carbocycles. The summed E-state index contributed by atoms with van der Waals surface area (Å²) < 4.78 is 6.82. The summed E-state index contributed by atoms with van der Waals surface area (Å²) in [6.45, 7) is 4.09. The molecule has 0 heterocycles. The monoisotopic (exact) mass is 376 g/mol. The van der Waals surface area contributed by atoms with Crippen LogP contribution in [0.1, 0.15) is 25.5 Å². The first-order chi connectivity index (χ1) is 10.8. The van der Waals surface area contributed by atoms with Crippen LogP contribution in [0.2, 0.25) is 0 Å².